The monoisotopic (exact) mass is 451 g/mol. The fourth-order valence-corrected chi connectivity index (χ4v) is 2.88. The molecule has 25 heavy (non-hydrogen) atoms. The molecule has 0 aliphatic heterocycles. The second-order valence-electron chi connectivity index (χ2n) is 5.54. The lowest BCUT2D eigenvalue weighted by Gasteiger charge is -2.10. The van der Waals surface area contributed by atoms with Gasteiger partial charge in [0.15, 0.2) is 11.5 Å². The van der Waals surface area contributed by atoms with Crippen molar-refractivity contribution in [2.75, 3.05) is 19.0 Å². The molecule has 0 saturated carbocycles. The first-order chi connectivity index (χ1) is 12.0. The summed E-state index contributed by atoms with van der Waals surface area (Å²) >= 11 is 2.25. The lowest BCUT2D eigenvalue weighted by molar-refractivity contribution is -0.111. The maximum atomic E-state index is 12.1. The lowest BCUT2D eigenvalue weighted by atomic mass is 10.1. The summed E-state index contributed by atoms with van der Waals surface area (Å²) in [5.41, 5.74) is 2.72. The van der Waals surface area contributed by atoms with Crippen LogP contribution in [0.25, 0.3) is 6.08 Å². The summed E-state index contributed by atoms with van der Waals surface area (Å²) < 4.78 is 12.1. The Morgan fingerprint density at radius 3 is 2.68 bits per heavy atom. The van der Waals surface area contributed by atoms with Crippen molar-refractivity contribution in [1.29, 1.82) is 0 Å². The van der Waals surface area contributed by atoms with E-state index in [9.17, 15) is 4.79 Å². The summed E-state index contributed by atoms with van der Waals surface area (Å²) in [7, 11) is 1.61. The number of hydrogen-bond donors (Lipinski definition) is 1. The fourth-order valence-electron chi connectivity index (χ4n) is 2.23. The van der Waals surface area contributed by atoms with Crippen molar-refractivity contribution in [2.45, 2.75) is 20.3 Å². The number of ether oxygens (including phenoxy) is 2. The minimum atomic E-state index is -0.172. The zero-order valence-corrected chi connectivity index (χ0v) is 16.8. The van der Waals surface area contributed by atoms with Crippen LogP contribution in [0.5, 0.6) is 11.5 Å². The first-order valence-corrected chi connectivity index (χ1v) is 9.17. The predicted molar refractivity (Wildman–Crippen MR) is 110 cm³/mol. The Hall–Kier alpha value is -2.02. The van der Waals surface area contributed by atoms with E-state index in [-0.39, 0.29) is 5.91 Å². The Kier molecular flexibility index (Phi) is 7.31. The summed E-state index contributed by atoms with van der Waals surface area (Å²) in [5, 5.41) is 2.89. The SMILES string of the molecule is CCCOc1ccc(/C=C/C(=O)Nc2ccc(I)cc2C)cc1OC. The summed E-state index contributed by atoms with van der Waals surface area (Å²) in [6.45, 7) is 4.67. The van der Waals surface area contributed by atoms with Crippen LogP contribution in [0.2, 0.25) is 0 Å². The molecule has 0 aromatic heterocycles. The van der Waals surface area contributed by atoms with E-state index in [0.717, 1.165) is 26.8 Å². The molecule has 0 aliphatic rings. The lowest BCUT2D eigenvalue weighted by Crippen LogP contribution is -2.08. The highest BCUT2D eigenvalue weighted by molar-refractivity contribution is 14.1. The molecule has 2 aromatic carbocycles. The third-order valence-corrected chi connectivity index (χ3v) is 4.19. The molecule has 1 N–H and O–H groups in total. The molecule has 1 amide bonds. The molecule has 0 unspecified atom stereocenters. The molecule has 0 aliphatic carbocycles. The average Bonchev–Trinajstić information content (AvgIpc) is 2.60. The summed E-state index contributed by atoms with van der Waals surface area (Å²) in [6.07, 6.45) is 4.20. The van der Waals surface area contributed by atoms with Crippen molar-refractivity contribution >= 4 is 40.3 Å². The van der Waals surface area contributed by atoms with E-state index in [0.29, 0.717) is 18.1 Å². The van der Waals surface area contributed by atoms with Crippen LogP contribution in [0.1, 0.15) is 24.5 Å². The summed E-state index contributed by atoms with van der Waals surface area (Å²) in [6, 6.07) is 11.5. The van der Waals surface area contributed by atoms with E-state index < -0.39 is 0 Å². The topological polar surface area (TPSA) is 47.6 Å². The van der Waals surface area contributed by atoms with Crippen LogP contribution in [0.4, 0.5) is 5.69 Å². The third kappa shape index (κ3) is 5.77. The van der Waals surface area contributed by atoms with Crippen LogP contribution in [-0.4, -0.2) is 19.6 Å². The normalized spacial score (nSPS) is 10.7. The van der Waals surface area contributed by atoms with Gasteiger partial charge in [0.25, 0.3) is 0 Å². The van der Waals surface area contributed by atoms with Crippen molar-refractivity contribution in [3.63, 3.8) is 0 Å². The van der Waals surface area contributed by atoms with Gasteiger partial charge in [-0.1, -0.05) is 13.0 Å². The van der Waals surface area contributed by atoms with Crippen molar-refractivity contribution < 1.29 is 14.3 Å². The predicted octanol–water partition coefficient (Wildman–Crippen LogP) is 5.05. The molecule has 5 heteroatoms. The molecule has 0 atom stereocenters. The molecule has 0 radical (unpaired) electrons. The number of amides is 1. The van der Waals surface area contributed by atoms with Gasteiger partial charge in [-0.25, -0.2) is 0 Å². The maximum Gasteiger partial charge on any atom is 0.248 e. The van der Waals surface area contributed by atoms with Crippen molar-refractivity contribution in [2.24, 2.45) is 0 Å². The van der Waals surface area contributed by atoms with Crippen LogP contribution >= 0.6 is 22.6 Å². The first kappa shape index (κ1) is 19.3. The van der Waals surface area contributed by atoms with Crippen LogP contribution < -0.4 is 14.8 Å². The molecule has 0 heterocycles. The Labute approximate surface area is 162 Å². The van der Waals surface area contributed by atoms with Crippen LogP contribution in [0.15, 0.2) is 42.5 Å². The van der Waals surface area contributed by atoms with Crippen molar-refractivity contribution in [3.8, 4) is 11.5 Å². The number of benzene rings is 2. The maximum absolute atomic E-state index is 12.1. The van der Waals surface area contributed by atoms with Gasteiger partial charge in [-0.15, -0.1) is 0 Å². The van der Waals surface area contributed by atoms with Gasteiger partial charge in [0, 0.05) is 15.3 Å². The average molecular weight is 451 g/mol. The van der Waals surface area contributed by atoms with E-state index in [1.165, 1.54) is 6.08 Å². The summed E-state index contributed by atoms with van der Waals surface area (Å²) in [4.78, 5) is 12.1. The van der Waals surface area contributed by atoms with Gasteiger partial charge in [-0.3, -0.25) is 4.79 Å². The van der Waals surface area contributed by atoms with Gasteiger partial charge in [0.05, 0.1) is 13.7 Å². The minimum absolute atomic E-state index is 0.172. The smallest absolute Gasteiger partial charge is 0.248 e. The number of nitrogens with one attached hydrogen (secondary N) is 1. The zero-order valence-electron chi connectivity index (χ0n) is 14.6. The minimum Gasteiger partial charge on any atom is -0.493 e. The highest BCUT2D eigenvalue weighted by Crippen LogP contribution is 2.28. The number of carbonyl (C=O) groups excluding carboxylic acids is 1. The molecule has 0 saturated heterocycles. The Morgan fingerprint density at radius 1 is 1.20 bits per heavy atom. The fraction of sp³-hybridized carbons (Fsp3) is 0.250. The number of rotatable bonds is 7. The number of halogens is 1. The van der Waals surface area contributed by atoms with E-state index >= 15 is 0 Å². The Morgan fingerprint density at radius 2 is 2.00 bits per heavy atom. The van der Waals surface area contributed by atoms with Gasteiger partial charge in [0.2, 0.25) is 5.91 Å². The van der Waals surface area contributed by atoms with Gasteiger partial charge in [-0.05, 0) is 83.5 Å². The van der Waals surface area contributed by atoms with E-state index in [2.05, 4.69) is 34.8 Å². The highest BCUT2D eigenvalue weighted by Gasteiger charge is 2.05. The van der Waals surface area contributed by atoms with Crippen LogP contribution in [0, 0.1) is 10.5 Å². The molecule has 4 nitrogen and oxygen atoms in total. The Bertz CT molecular complexity index is 772. The molecular weight excluding hydrogens is 429 g/mol. The van der Waals surface area contributed by atoms with Crippen molar-refractivity contribution in [1.82, 2.24) is 0 Å². The molecule has 132 valence electrons. The third-order valence-electron chi connectivity index (χ3n) is 3.52. The number of aryl methyl sites for hydroxylation is 1. The number of anilines is 1. The molecule has 2 aromatic rings. The van der Waals surface area contributed by atoms with Crippen molar-refractivity contribution in [3.05, 3.63) is 57.2 Å². The van der Waals surface area contributed by atoms with Crippen LogP contribution in [-0.2, 0) is 4.79 Å². The van der Waals surface area contributed by atoms with Gasteiger partial charge in [0.1, 0.15) is 0 Å². The second kappa shape index (κ2) is 9.46. The van der Waals surface area contributed by atoms with Crippen LogP contribution in [0.3, 0.4) is 0 Å². The molecule has 0 bridgehead atoms. The molecular formula is C20H22INO3. The van der Waals surface area contributed by atoms with Gasteiger partial charge < -0.3 is 14.8 Å². The van der Waals surface area contributed by atoms with Gasteiger partial charge in [-0.2, -0.15) is 0 Å². The van der Waals surface area contributed by atoms with Gasteiger partial charge >= 0.3 is 0 Å². The standard InChI is InChI=1S/C20H22INO3/c1-4-11-25-18-9-5-15(13-19(18)24-3)6-10-20(23)22-17-8-7-16(21)12-14(17)2/h5-10,12-13H,4,11H2,1-3H3,(H,22,23)/b10-6+. The van der Waals surface area contributed by atoms with E-state index in [1.54, 1.807) is 13.2 Å². The van der Waals surface area contributed by atoms with E-state index in [1.807, 2.05) is 43.3 Å². The number of carbonyl (C=O) groups is 1. The molecule has 0 fully saturated rings. The largest absolute Gasteiger partial charge is 0.493 e. The first-order valence-electron chi connectivity index (χ1n) is 8.09. The number of methoxy groups -OCH3 is 1. The molecule has 2 rings (SSSR count). The highest BCUT2D eigenvalue weighted by atomic mass is 127. The Balaban J connectivity index is 2.06. The second-order valence-corrected chi connectivity index (χ2v) is 6.79. The molecule has 0 spiro atoms. The summed E-state index contributed by atoms with van der Waals surface area (Å²) in [5.74, 6) is 1.19. The van der Waals surface area contributed by atoms with E-state index in [4.69, 9.17) is 9.47 Å². The number of hydrogen-bond acceptors (Lipinski definition) is 3. The quantitative estimate of drug-likeness (QED) is 0.474. The zero-order chi connectivity index (χ0) is 18.2.